The molecule has 0 saturated carbocycles. The van der Waals surface area contributed by atoms with Crippen LogP contribution in [-0.4, -0.2) is 18.5 Å². The maximum absolute atomic E-state index is 6.81. The average molecular weight is 170 g/mol. The monoisotopic (exact) mass is 170 g/mol. The van der Waals surface area contributed by atoms with Crippen molar-refractivity contribution in [3.8, 4) is 0 Å². The summed E-state index contributed by atoms with van der Waals surface area (Å²) in [6, 6.07) is 0. The van der Waals surface area contributed by atoms with Crippen LogP contribution in [0.2, 0.25) is 0 Å². The molecule has 0 amide bonds. The van der Waals surface area contributed by atoms with Crippen LogP contribution in [0.5, 0.6) is 0 Å². The second kappa shape index (κ2) is 5.40. The van der Waals surface area contributed by atoms with E-state index in [-0.39, 0.29) is 11.9 Å². The molecule has 0 heterocycles. The Morgan fingerprint density at radius 2 is 2.08 bits per heavy atom. The summed E-state index contributed by atoms with van der Waals surface area (Å²) < 4.78 is 0. The van der Waals surface area contributed by atoms with Gasteiger partial charge in [0.2, 0.25) is 11.9 Å². The van der Waals surface area contributed by atoms with Gasteiger partial charge in [-0.15, -0.1) is 0 Å². The Morgan fingerprint density at radius 1 is 1.50 bits per heavy atom. The first-order valence-corrected chi connectivity index (χ1v) is 3.92. The molecule has 5 heteroatoms. The first-order valence-electron chi connectivity index (χ1n) is 3.92. The lowest BCUT2D eigenvalue weighted by atomic mass is 10.1. The molecule has 0 fully saturated rings. The molecular formula is C7H16N5. The van der Waals surface area contributed by atoms with Gasteiger partial charge in [0, 0.05) is 6.54 Å². The van der Waals surface area contributed by atoms with E-state index in [2.05, 4.69) is 23.8 Å². The molecule has 0 rings (SSSR count). The van der Waals surface area contributed by atoms with Crippen LogP contribution >= 0.6 is 0 Å². The number of hydrogen-bond donors (Lipinski definition) is 2. The first-order chi connectivity index (χ1) is 5.56. The van der Waals surface area contributed by atoms with E-state index in [0.29, 0.717) is 12.5 Å². The molecule has 1 radical (unpaired) electrons. The van der Waals surface area contributed by atoms with E-state index in [9.17, 15) is 0 Å². The molecule has 0 bridgehead atoms. The Labute approximate surface area is 72.7 Å². The minimum absolute atomic E-state index is 0.0859. The zero-order valence-corrected chi connectivity index (χ0v) is 7.54. The summed E-state index contributed by atoms with van der Waals surface area (Å²) >= 11 is 0. The zero-order valence-electron chi connectivity index (χ0n) is 7.54. The van der Waals surface area contributed by atoms with Gasteiger partial charge in [0.15, 0.2) is 0 Å². The van der Waals surface area contributed by atoms with Gasteiger partial charge in [0.1, 0.15) is 0 Å². The number of aliphatic imine (C=N–C) groups is 2. The van der Waals surface area contributed by atoms with E-state index in [4.69, 9.17) is 17.2 Å². The predicted octanol–water partition coefficient (Wildman–Crippen LogP) is -0.0552. The highest BCUT2D eigenvalue weighted by atomic mass is 15.1. The molecule has 0 aromatic rings. The summed E-state index contributed by atoms with van der Waals surface area (Å²) in [5, 5.41) is 0. The summed E-state index contributed by atoms with van der Waals surface area (Å²) in [6.07, 6.45) is 1.05. The van der Waals surface area contributed by atoms with Gasteiger partial charge in [-0.05, 0) is 5.92 Å². The molecule has 0 aliphatic rings. The van der Waals surface area contributed by atoms with Crippen molar-refractivity contribution >= 4 is 11.9 Å². The third-order valence-electron chi connectivity index (χ3n) is 1.50. The Bertz CT molecular complexity index is 180. The van der Waals surface area contributed by atoms with E-state index >= 15 is 0 Å². The molecule has 0 spiro atoms. The molecule has 12 heavy (non-hydrogen) atoms. The van der Waals surface area contributed by atoms with Gasteiger partial charge in [-0.3, -0.25) is 10.7 Å². The van der Waals surface area contributed by atoms with Gasteiger partial charge in [0.05, 0.1) is 0 Å². The van der Waals surface area contributed by atoms with Crippen LogP contribution in [0.25, 0.3) is 0 Å². The quantitative estimate of drug-likeness (QED) is 0.458. The number of nitrogens with two attached hydrogens (primary N) is 2. The maximum atomic E-state index is 6.81. The number of guanidine groups is 2. The molecule has 0 aliphatic heterocycles. The molecule has 1 atom stereocenters. The molecule has 5 N–H and O–H groups in total. The van der Waals surface area contributed by atoms with Crippen LogP contribution in [-0.2, 0) is 0 Å². The van der Waals surface area contributed by atoms with Crippen molar-refractivity contribution in [1.29, 1.82) is 0 Å². The number of rotatable bonds is 3. The lowest BCUT2D eigenvalue weighted by Gasteiger charge is -2.02. The van der Waals surface area contributed by atoms with Crippen molar-refractivity contribution in [2.75, 3.05) is 6.54 Å². The summed E-state index contributed by atoms with van der Waals surface area (Å²) in [5.41, 5.74) is 17.1. The molecule has 0 aromatic carbocycles. The van der Waals surface area contributed by atoms with Crippen LogP contribution in [0.1, 0.15) is 20.3 Å². The van der Waals surface area contributed by atoms with E-state index in [1.54, 1.807) is 0 Å². The highest BCUT2D eigenvalue weighted by Gasteiger charge is 1.96. The predicted molar refractivity (Wildman–Crippen MR) is 50.7 cm³/mol. The Hall–Kier alpha value is -1.26. The third kappa shape index (κ3) is 5.52. The summed E-state index contributed by atoms with van der Waals surface area (Å²) in [6.45, 7) is 4.79. The first kappa shape index (κ1) is 10.7. The van der Waals surface area contributed by atoms with Crippen molar-refractivity contribution in [1.82, 2.24) is 5.73 Å². The van der Waals surface area contributed by atoms with Gasteiger partial charge in [0.25, 0.3) is 0 Å². The molecule has 1 unspecified atom stereocenters. The van der Waals surface area contributed by atoms with Crippen LogP contribution in [0, 0.1) is 5.92 Å². The van der Waals surface area contributed by atoms with Crippen molar-refractivity contribution in [3.63, 3.8) is 0 Å². The number of hydrogen-bond acceptors (Lipinski definition) is 1. The van der Waals surface area contributed by atoms with Crippen LogP contribution < -0.4 is 17.2 Å². The van der Waals surface area contributed by atoms with Gasteiger partial charge >= 0.3 is 0 Å². The van der Waals surface area contributed by atoms with Crippen molar-refractivity contribution in [3.05, 3.63) is 0 Å². The fourth-order valence-electron chi connectivity index (χ4n) is 0.537. The Kier molecular flexibility index (Phi) is 4.83. The summed E-state index contributed by atoms with van der Waals surface area (Å²) in [5.74, 6) is 0.272. The second-order valence-corrected chi connectivity index (χ2v) is 2.71. The van der Waals surface area contributed by atoms with E-state index in [1.807, 2.05) is 0 Å². The smallest absolute Gasteiger partial charge is 0.218 e. The maximum Gasteiger partial charge on any atom is 0.218 e. The summed E-state index contributed by atoms with van der Waals surface area (Å²) in [4.78, 5) is 7.41. The van der Waals surface area contributed by atoms with Gasteiger partial charge < -0.3 is 11.5 Å². The molecule has 5 nitrogen and oxygen atoms in total. The van der Waals surface area contributed by atoms with Crippen LogP contribution in [0.4, 0.5) is 0 Å². The minimum Gasteiger partial charge on any atom is -0.368 e. The van der Waals surface area contributed by atoms with Gasteiger partial charge in [-0.1, -0.05) is 20.3 Å². The molecule has 69 valence electrons. The van der Waals surface area contributed by atoms with Crippen molar-refractivity contribution in [2.45, 2.75) is 20.3 Å². The largest absolute Gasteiger partial charge is 0.368 e. The molecule has 0 aromatic heterocycles. The normalized spacial score (nSPS) is 16.2. The van der Waals surface area contributed by atoms with Gasteiger partial charge in [-0.25, -0.2) is 0 Å². The van der Waals surface area contributed by atoms with Gasteiger partial charge in [-0.2, -0.15) is 4.99 Å². The summed E-state index contributed by atoms with van der Waals surface area (Å²) in [7, 11) is 0. The standard InChI is InChI=1S/C7H16N5/c1-3-5(2)4-11-7(10)12-6(8)9/h5,8H,3-4H2,1-2H3,(H4,9,10,11,12). The fourth-order valence-corrected chi connectivity index (χ4v) is 0.537. The number of nitrogens with one attached hydrogen (secondary N) is 1. The SMILES string of the molecule is CCC(C)CN=C(N)N=C([NH])N. The fraction of sp³-hybridized carbons (Fsp3) is 0.714. The number of nitrogens with zero attached hydrogens (tertiary/aromatic N) is 2. The third-order valence-corrected chi connectivity index (χ3v) is 1.50. The molecular weight excluding hydrogens is 154 g/mol. The lowest BCUT2D eigenvalue weighted by Crippen LogP contribution is -2.19. The highest BCUT2D eigenvalue weighted by Crippen LogP contribution is 1.99. The minimum atomic E-state index is -0.305. The molecule has 0 saturated heterocycles. The Morgan fingerprint density at radius 3 is 2.50 bits per heavy atom. The molecule has 0 aliphatic carbocycles. The van der Waals surface area contributed by atoms with Crippen molar-refractivity contribution in [2.24, 2.45) is 27.4 Å². The van der Waals surface area contributed by atoms with E-state index < -0.39 is 0 Å². The van der Waals surface area contributed by atoms with Crippen LogP contribution in [0.3, 0.4) is 0 Å². The van der Waals surface area contributed by atoms with Crippen LogP contribution in [0.15, 0.2) is 9.98 Å². The van der Waals surface area contributed by atoms with Crippen molar-refractivity contribution < 1.29 is 0 Å². The van der Waals surface area contributed by atoms with E-state index in [0.717, 1.165) is 6.42 Å². The van der Waals surface area contributed by atoms with E-state index in [1.165, 1.54) is 0 Å². The average Bonchev–Trinajstić information content (AvgIpc) is 1.99. The Balaban J connectivity index is 3.93. The zero-order chi connectivity index (χ0) is 9.56. The second-order valence-electron chi connectivity index (χ2n) is 2.71. The lowest BCUT2D eigenvalue weighted by molar-refractivity contribution is 0.576. The topological polar surface area (TPSA) is 101 Å². The highest BCUT2D eigenvalue weighted by molar-refractivity contribution is 5.92.